The molecule has 6 heteroatoms. The molecule has 0 amide bonds. The van der Waals surface area contributed by atoms with Crippen molar-refractivity contribution in [2.75, 3.05) is 25.7 Å². The number of rotatable bonds is 4. The molecular formula is C17H21N3O3. The maximum atomic E-state index is 12.4. The average molecular weight is 315 g/mol. The molecule has 3 rings (SSSR count). The van der Waals surface area contributed by atoms with E-state index in [-0.39, 0.29) is 11.6 Å². The van der Waals surface area contributed by atoms with Gasteiger partial charge in [0.05, 0.1) is 20.3 Å². The van der Waals surface area contributed by atoms with Crippen LogP contribution in [0, 0.1) is 0 Å². The molecule has 1 atom stereocenters. The van der Waals surface area contributed by atoms with Gasteiger partial charge in [-0.15, -0.1) is 0 Å². The predicted octanol–water partition coefficient (Wildman–Crippen LogP) is 2.14. The Morgan fingerprint density at radius 3 is 2.83 bits per heavy atom. The van der Waals surface area contributed by atoms with Gasteiger partial charge in [-0.05, 0) is 31.0 Å². The average Bonchev–Trinajstić information content (AvgIpc) is 3.06. The van der Waals surface area contributed by atoms with Gasteiger partial charge in [0.15, 0.2) is 5.82 Å². The Morgan fingerprint density at radius 1 is 1.26 bits per heavy atom. The zero-order valence-electron chi connectivity index (χ0n) is 13.7. The standard InChI is InChI=1S/C17H21N3O3/c1-19-10-8-18-16(17(19)21)20-9-4-5-14(20)13-11-12(22-2)6-7-15(13)23-3/h6-8,10-11,14H,4-5,9H2,1-3H3. The zero-order chi connectivity index (χ0) is 16.4. The Balaban J connectivity index is 2.05. The summed E-state index contributed by atoms with van der Waals surface area (Å²) < 4.78 is 12.4. The van der Waals surface area contributed by atoms with Crippen molar-refractivity contribution in [3.8, 4) is 11.5 Å². The van der Waals surface area contributed by atoms with E-state index < -0.39 is 0 Å². The molecule has 122 valence electrons. The molecule has 0 radical (unpaired) electrons. The summed E-state index contributed by atoms with van der Waals surface area (Å²) in [7, 11) is 5.04. The number of aromatic nitrogens is 2. The van der Waals surface area contributed by atoms with Crippen molar-refractivity contribution in [2.24, 2.45) is 7.05 Å². The number of hydrogen-bond acceptors (Lipinski definition) is 5. The summed E-state index contributed by atoms with van der Waals surface area (Å²) >= 11 is 0. The number of nitrogens with zero attached hydrogens (tertiary/aromatic N) is 3. The number of hydrogen-bond donors (Lipinski definition) is 0. The molecule has 1 saturated heterocycles. The van der Waals surface area contributed by atoms with Crippen LogP contribution in [0.15, 0.2) is 35.4 Å². The van der Waals surface area contributed by atoms with Crippen molar-refractivity contribution in [1.29, 1.82) is 0 Å². The topological polar surface area (TPSA) is 56.6 Å². The lowest BCUT2D eigenvalue weighted by Crippen LogP contribution is -2.32. The normalized spacial score (nSPS) is 17.3. The minimum Gasteiger partial charge on any atom is -0.497 e. The first-order valence-electron chi connectivity index (χ1n) is 7.66. The maximum Gasteiger partial charge on any atom is 0.293 e. The van der Waals surface area contributed by atoms with Gasteiger partial charge in [0.25, 0.3) is 5.56 Å². The Kier molecular flexibility index (Phi) is 4.23. The fraction of sp³-hybridized carbons (Fsp3) is 0.412. The Hall–Kier alpha value is -2.50. The van der Waals surface area contributed by atoms with Crippen molar-refractivity contribution < 1.29 is 9.47 Å². The van der Waals surface area contributed by atoms with Gasteiger partial charge in [-0.3, -0.25) is 4.79 Å². The Labute approximate surface area is 135 Å². The molecule has 0 bridgehead atoms. The third kappa shape index (κ3) is 2.76. The van der Waals surface area contributed by atoms with Crippen LogP contribution >= 0.6 is 0 Å². The van der Waals surface area contributed by atoms with Crippen molar-refractivity contribution in [2.45, 2.75) is 18.9 Å². The molecule has 1 fully saturated rings. The smallest absolute Gasteiger partial charge is 0.293 e. The van der Waals surface area contributed by atoms with Crippen LogP contribution in [0.25, 0.3) is 0 Å². The van der Waals surface area contributed by atoms with Gasteiger partial charge in [-0.25, -0.2) is 4.98 Å². The molecule has 23 heavy (non-hydrogen) atoms. The molecule has 1 unspecified atom stereocenters. The van der Waals surface area contributed by atoms with Crippen molar-refractivity contribution >= 4 is 5.82 Å². The van der Waals surface area contributed by atoms with Crippen LogP contribution in [0.1, 0.15) is 24.4 Å². The van der Waals surface area contributed by atoms with Crippen LogP contribution in [-0.4, -0.2) is 30.3 Å². The maximum absolute atomic E-state index is 12.4. The van der Waals surface area contributed by atoms with E-state index in [1.165, 1.54) is 0 Å². The molecule has 6 nitrogen and oxygen atoms in total. The van der Waals surface area contributed by atoms with E-state index >= 15 is 0 Å². The van der Waals surface area contributed by atoms with E-state index in [4.69, 9.17) is 9.47 Å². The van der Waals surface area contributed by atoms with Gasteiger partial charge >= 0.3 is 0 Å². The molecule has 0 saturated carbocycles. The fourth-order valence-electron chi connectivity index (χ4n) is 3.12. The number of methoxy groups -OCH3 is 2. The third-order valence-corrected chi connectivity index (χ3v) is 4.32. The molecule has 2 heterocycles. The molecule has 1 aromatic carbocycles. The molecule has 1 aliphatic rings. The first kappa shape index (κ1) is 15.4. The molecule has 0 spiro atoms. The molecule has 0 aliphatic carbocycles. The summed E-state index contributed by atoms with van der Waals surface area (Å²) in [6.45, 7) is 0.803. The Bertz CT molecular complexity index is 757. The van der Waals surface area contributed by atoms with Crippen molar-refractivity contribution in [3.05, 3.63) is 46.5 Å². The highest BCUT2D eigenvalue weighted by Crippen LogP contribution is 2.39. The number of anilines is 1. The van der Waals surface area contributed by atoms with Crippen LogP contribution in [-0.2, 0) is 7.05 Å². The summed E-state index contributed by atoms with van der Waals surface area (Å²) in [4.78, 5) is 18.8. The highest BCUT2D eigenvalue weighted by Gasteiger charge is 2.31. The number of aryl methyl sites for hydroxylation is 1. The first-order valence-corrected chi connectivity index (χ1v) is 7.66. The second-order valence-electron chi connectivity index (χ2n) is 5.63. The molecular weight excluding hydrogens is 294 g/mol. The minimum absolute atomic E-state index is 0.0580. The van der Waals surface area contributed by atoms with E-state index in [0.717, 1.165) is 36.4 Å². The van der Waals surface area contributed by atoms with Gasteiger partial charge < -0.3 is 18.9 Å². The van der Waals surface area contributed by atoms with Crippen LogP contribution < -0.4 is 19.9 Å². The summed E-state index contributed by atoms with van der Waals surface area (Å²) in [5.74, 6) is 2.07. The van der Waals surface area contributed by atoms with Crippen LogP contribution in [0.2, 0.25) is 0 Å². The highest BCUT2D eigenvalue weighted by atomic mass is 16.5. The predicted molar refractivity (Wildman–Crippen MR) is 88.3 cm³/mol. The van der Waals surface area contributed by atoms with Crippen molar-refractivity contribution in [1.82, 2.24) is 9.55 Å². The van der Waals surface area contributed by atoms with Gasteiger partial charge in [0, 0.05) is 31.5 Å². The molecule has 1 aliphatic heterocycles. The molecule has 2 aromatic rings. The Morgan fingerprint density at radius 2 is 2.09 bits per heavy atom. The van der Waals surface area contributed by atoms with Crippen LogP contribution in [0.3, 0.4) is 0 Å². The number of ether oxygens (including phenoxy) is 2. The number of benzene rings is 1. The lowest BCUT2D eigenvalue weighted by Gasteiger charge is -2.27. The van der Waals surface area contributed by atoms with E-state index in [0.29, 0.717) is 5.82 Å². The second kappa shape index (κ2) is 6.32. The van der Waals surface area contributed by atoms with E-state index in [1.807, 2.05) is 18.2 Å². The van der Waals surface area contributed by atoms with Crippen molar-refractivity contribution in [3.63, 3.8) is 0 Å². The van der Waals surface area contributed by atoms with Gasteiger partial charge in [-0.2, -0.15) is 0 Å². The van der Waals surface area contributed by atoms with Crippen LogP contribution in [0.4, 0.5) is 5.82 Å². The zero-order valence-corrected chi connectivity index (χ0v) is 13.7. The largest absolute Gasteiger partial charge is 0.497 e. The minimum atomic E-state index is -0.0822. The lowest BCUT2D eigenvalue weighted by atomic mass is 10.0. The van der Waals surface area contributed by atoms with E-state index in [9.17, 15) is 4.79 Å². The summed E-state index contributed by atoms with van der Waals surface area (Å²) in [6.07, 6.45) is 5.28. The van der Waals surface area contributed by atoms with Gasteiger partial charge in [0.1, 0.15) is 11.5 Å². The monoisotopic (exact) mass is 315 g/mol. The lowest BCUT2D eigenvalue weighted by molar-refractivity contribution is 0.395. The quantitative estimate of drug-likeness (QED) is 0.865. The van der Waals surface area contributed by atoms with E-state index in [2.05, 4.69) is 9.88 Å². The van der Waals surface area contributed by atoms with Crippen LogP contribution in [0.5, 0.6) is 11.5 Å². The van der Waals surface area contributed by atoms with E-state index in [1.54, 1.807) is 38.2 Å². The molecule has 1 aromatic heterocycles. The summed E-state index contributed by atoms with van der Waals surface area (Å²) in [5, 5.41) is 0. The highest BCUT2D eigenvalue weighted by molar-refractivity contribution is 5.49. The summed E-state index contributed by atoms with van der Waals surface area (Å²) in [6, 6.07) is 5.82. The SMILES string of the molecule is COc1ccc(OC)c(C2CCCN2c2nccn(C)c2=O)c1. The first-order chi connectivity index (χ1) is 11.2. The second-order valence-corrected chi connectivity index (χ2v) is 5.63. The fourth-order valence-corrected chi connectivity index (χ4v) is 3.12. The van der Waals surface area contributed by atoms with Gasteiger partial charge in [0.2, 0.25) is 0 Å². The third-order valence-electron chi connectivity index (χ3n) is 4.32. The summed E-state index contributed by atoms with van der Waals surface area (Å²) in [5.41, 5.74) is 0.943. The van der Waals surface area contributed by atoms with Gasteiger partial charge in [-0.1, -0.05) is 0 Å². The molecule has 0 N–H and O–H groups in total.